The fourth-order valence-electron chi connectivity index (χ4n) is 1.99. The van der Waals surface area contributed by atoms with Crippen molar-refractivity contribution in [3.8, 4) is 0 Å². The van der Waals surface area contributed by atoms with Crippen LogP contribution in [0.15, 0.2) is 11.5 Å². The summed E-state index contributed by atoms with van der Waals surface area (Å²) in [5.41, 5.74) is 0.720. The van der Waals surface area contributed by atoms with E-state index in [1.54, 1.807) is 0 Å². The predicted molar refractivity (Wildman–Crippen MR) is 64.2 cm³/mol. The molecule has 1 unspecified atom stereocenters. The van der Waals surface area contributed by atoms with Gasteiger partial charge in [0.2, 0.25) is 0 Å². The first-order valence-electron chi connectivity index (χ1n) is 6.00. The summed E-state index contributed by atoms with van der Waals surface area (Å²) in [5.74, 6) is 0. The largest absolute Gasteiger partial charge is 0.490 e. The molecule has 0 amide bonds. The lowest BCUT2D eigenvalue weighted by atomic mass is 9.75. The smallest absolute Gasteiger partial charge is 0.400 e. The molecular formula is C12H21BO3. The normalized spacial score (nSPS) is 32.7. The molecule has 2 aliphatic heterocycles. The maximum atomic E-state index is 6.01. The van der Waals surface area contributed by atoms with Crippen LogP contribution in [0.1, 0.15) is 41.0 Å². The summed E-state index contributed by atoms with van der Waals surface area (Å²) in [6, 6.07) is 0. The SMILES string of the molecule is CC1C=C(B2OC(C)(C)C(C)(C)O2)CCO1. The molecule has 16 heavy (non-hydrogen) atoms. The molecule has 2 rings (SSSR count). The van der Waals surface area contributed by atoms with Gasteiger partial charge in [-0.2, -0.15) is 0 Å². The first kappa shape index (κ1) is 12.2. The van der Waals surface area contributed by atoms with Crippen molar-refractivity contribution in [3.63, 3.8) is 0 Å². The van der Waals surface area contributed by atoms with E-state index in [9.17, 15) is 0 Å². The number of hydrogen-bond donors (Lipinski definition) is 0. The second-order valence-corrected chi connectivity index (χ2v) is 5.66. The summed E-state index contributed by atoms with van der Waals surface area (Å²) in [6.45, 7) is 11.1. The molecule has 4 heteroatoms. The zero-order chi connectivity index (χ0) is 12.0. The van der Waals surface area contributed by atoms with Crippen LogP contribution in [0.4, 0.5) is 0 Å². The van der Waals surface area contributed by atoms with Crippen molar-refractivity contribution in [3.05, 3.63) is 11.5 Å². The fourth-order valence-corrected chi connectivity index (χ4v) is 1.99. The van der Waals surface area contributed by atoms with Crippen LogP contribution < -0.4 is 0 Å². The van der Waals surface area contributed by atoms with E-state index in [0.717, 1.165) is 13.0 Å². The first-order valence-corrected chi connectivity index (χ1v) is 6.00. The number of rotatable bonds is 1. The second-order valence-electron chi connectivity index (χ2n) is 5.66. The van der Waals surface area contributed by atoms with Crippen molar-refractivity contribution in [2.24, 2.45) is 0 Å². The molecule has 0 saturated carbocycles. The van der Waals surface area contributed by atoms with Crippen LogP contribution in [0.2, 0.25) is 0 Å². The highest BCUT2D eigenvalue weighted by molar-refractivity contribution is 6.54. The molecular weight excluding hydrogens is 203 g/mol. The Morgan fingerprint density at radius 1 is 1.19 bits per heavy atom. The molecule has 0 aromatic heterocycles. The zero-order valence-corrected chi connectivity index (χ0v) is 10.9. The van der Waals surface area contributed by atoms with E-state index in [2.05, 4.69) is 33.8 Å². The van der Waals surface area contributed by atoms with Gasteiger partial charge >= 0.3 is 7.12 Å². The summed E-state index contributed by atoms with van der Waals surface area (Å²) < 4.78 is 17.5. The van der Waals surface area contributed by atoms with Gasteiger partial charge in [0, 0.05) is 0 Å². The van der Waals surface area contributed by atoms with Gasteiger partial charge in [0.15, 0.2) is 0 Å². The van der Waals surface area contributed by atoms with Crippen LogP contribution in [0.5, 0.6) is 0 Å². The van der Waals surface area contributed by atoms with Crippen LogP contribution in [0.3, 0.4) is 0 Å². The minimum Gasteiger partial charge on any atom is -0.400 e. The van der Waals surface area contributed by atoms with Crippen molar-refractivity contribution < 1.29 is 14.0 Å². The standard InChI is InChI=1S/C12H21BO3/c1-9-8-10(6-7-14-9)13-15-11(2,3)12(4,5)16-13/h8-9H,6-7H2,1-5H3. The zero-order valence-electron chi connectivity index (χ0n) is 10.9. The van der Waals surface area contributed by atoms with E-state index in [0.29, 0.717) is 0 Å². The van der Waals surface area contributed by atoms with Crippen LogP contribution in [-0.2, 0) is 14.0 Å². The number of hydrogen-bond acceptors (Lipinski definition) is 3. The summed E-state index contributed by atoms with van der Waals surface area (Å²) in [4.78, 5) is 0. The van der Waals surface area contributed by atoms with Crippen LogP contribution in [0.25, 0.3) is 0 Å². The Bertz CT molecular complexity index is 293. The number of ether oxygens (including phenoxy) is 1. The van der Waals surface area contributed by atoms with Gasteiger partial charge in [0.25, 0.3) is 0 Å². The molecule has 1 saturated heterocycles. The summed E-state index contributed by atoms with van der Waals surface area (Å²) in [7, 11) is -0.198. The van der Waals surface area contributed by atoms with E-state index in [1.807, 2.05) is 6.92 Å². The first-order chi connectivity index (χ1) is 7.32. The fraction of sp³-hybridized carbons (Fsp3) is 0.833. The molecule has 0 aromatic carbocycles. The molecule has 1 atom stereocenters. The Morgan fingerprint density at radius 2 is 1.75 bits per heavy atom. The van der Waals surface area contributed by atoms with E-state index >= 15 is 0 Å². The topological polar surface area (TPSA) is 27.7 Å². The van der Waals surface area contributed by atoms with Gasteiger partial charge in [-0.25, -0.2) is 0 Å². The molecule has 90 valence electrons. The molecule has 3 nitrogen and oxygen atoms in total. The molecule has 0 spiro atoms. The monoisotopic (exact) mass is 224 g/mol. The van der Waals surface area contributed by atoms with Crippen LogP contribution >= 0.6 is 0 Å². The van der Waals surface area contributed by atoms with Crippen molar-refractivity contribution in [1.82, 2.24) is 0 Å². The molecule has 0 aliphatic carbocycles. The quantitative estimate of drug-likeness (QED) is 0.640. The van der Waals surface area contributed by atoms with E-state index in [4.69, 9.17) is 14.0 Å². The second kappa shape index (κ2) is 3.86. The molecule has 0 N–H and O–H groups in total. The van der Waals surface area contributed by atoms with E-state index < -0.39 is 0 Å². The lowest BCUT2D eigenvalue weighted by molar-refractivity contribution is 0.00578. The molecule has 0 bridgehead atoms. The molecule has 1 fully saturated rings. The summed E-state index contributed by atoms with van der Waals surface area (Å²) in [5, 5.41) is 0. The average Bonchev–Trinajstić information content (AvgIpc) is 2.36. The average molecular weight is 224 g/mol. The third kappa shape index (κ3) is 2.06. The minimum atomic E-state index is -0.250. The molecule has 2 aliphatic rings. The van der Waals surface area contributed by atoms with Crippen LogP contribution in [0, 0.1) is 0 Å². The van der Waals surface area contributed by atoms with Gasteiger partial charge in [-0.3, -0.25) is 0 Å². The Labute approximate surface area is 98.3 Å². The van der Waals surface area contributed by atoms with Gasteiger partial charge in [-0.1, -0.05) is 6.08 Å². The van der Waals surface area contributed by atoms with Gasteiger partial charge in [-0.05, 0) is 46.5 Å². The van der Waals surface area contributed by atoms with E-state index in [-0.39, 0.29) is 24.4 Å². The Morgan fingerprint density at radius 3 is 2.25 bits per heavy atom. The minimum absolute atomic E-state index is 0.169. The highest BCUT2D eigenvalue weighted by Gasteiger charge is 2.52. The maximum Gasteiger partial charge on any atom is 0.490 e. The van der Waals surface area contributed by atoms with Gasteiger partial charge in [-0.15, -0.1) is 0 Å². The van der Waals surface area contributed by atoms with Crippen molar-refractivity contribution >= 4 is 7.12 Å². The van der Waals surface area contributed by atoms with Crippen LogP contribution in [-0.4, -0.2) is 31.0 Å². The summed E-state index contributed by atoms with van der Waals surface area (Å²) in [6.07, 6.45) is 3.19. The summed E-state index contributed by atoms with van der Waals surface area (Å²) >= 11 is 0. The molecule has 0 aromatic rings. The molecule has 2 heterocycles. The molecule has 0 radical (unpaired) electrons. The maximum absolute atomic E-state index is 6.01. The van der Waals surface area contributed by atoms with Gasteiger partial charge in [0.1, 0.15) is 0 Å². The Kier molecular flexibility index (Phi) is 2.93. The van der Waals surface area contributed by atoms with Gasteiger partial charge < -0.3 is 14.0 Å². The third-order valence-corrected chi connectivity index (χ3v) is 3.78. The Balaban J connectivity index is 2.14. The third-order valence-electron chi connectivity index (χ3n) is 3.78. The lowest BCUT2D eigenvalue weighted by Gasteiger charge is -2.32. The highest BCUT2D eigenvalue weighted by Crippen LogP contribution is 2.39. The Hall–Kier alpha value is -0.315. The van der Waals surface area contributed by atoms with Crippen molar-refractivity contribution in [2.75, 3.05) is 6.61 Å². The van der Waals surface area contributed by atoms with E-state index in [1.165, 1.54) is 5.47 Å². The van der Waals surface area contributed by atoms with Crippen molar-refractivity contribution in [1.29, 1.82) is 0 Å². The van der Waals surface area contributed by atoms with Gasteiger partial charge in [0.05, 0.1) is 23.9 Å². The lowest BCUT2D eigenvalue weighted by Crippen LogP contribution is -2.41. The highest BCUT2D eigenvalue weighted by atomic mass is 16.7. The predicted octanol–water partition coefficient (Wildman–Crippen LogP) is 2.35. The van der Waals surface area contributed by atoms with Crippen molar-refractivity contribution in [2.45, 2.75) is 58.3 Å².